The maximum absolute atomic E-state index is 13.0. The summed E-state index contributed by atoms with van der Waals surface area (Å²) in [4.78, 5) is 23.5. The molecule has 3 rings (SSSR count). The molecule has 1 heterocycles. The van der Waals surface area contributed by atoms with Crippen LogP contribution in [0.4, 0.5) is 10.1 Å². The second-order valence-electron chi connectivity index (χ2n) is 5.19. The molecule has 2 aromatic carbocycles. The molecule has 23 heavy (non-hydrogen) atoms. The lowest BCUT2D eigenvalue weighted by Gasteiger charge is -2.38. The van der Waals surface area contributed by atoms with Crippen LogP contribution >= 0.6 is 0 Å². The van der Waals surface area contributed by atoms with Crippen molar-refractivity contribution in [3.63, 3.8) is 0 Å². The number of rotatable bonds is 4. The van der Waals surface area contributed by atoms with E-state index in [0.717, 1.165) is 10.6 Å². The van der Waals surface area contributed by atoms with Crippen LogP contribution in [0.25, 0.3) is 0 Å². The summed E-state index contributed by atoms with van der Waals surface area (Å²) >= 11 is 0. The van der Waals surface area contributed by atoms with Crippen molar-refractivity contribution in [1.82, 2.24) is 10.5 Å². The molecular formula is C16H15FN4O2. The summed E-state index contributed by atoms with van der Waals surface area (Å²) in [7, 11) is 0. The molecule has 0 bridgehead atoms. The van der Waals surface area contributed by atoms with Crippen LogP contribution in [0.1, 0.15) is 15.9 Å². The number of amides is 2. The molecular weight excluding hydrogens is 299 g/mol. The van der Waals surface area contributed by atoms with Gasteiger partial charge < -0.3 is 5.73 Å². The van der Waals surface area contributed by atoms with Crippen LogP contribution in [0.15, 0.2) is 48.5 Å². The zero-order valence-corrected chi connectivity index (χ0v) is 12.2. The SMILES string of the molecule is NC(=O)CN1NN(Cc2ccc(F)cc2)c2ccccc2C1=O. The number of para-hydroxylation sites is 1. The molecule has 2 aromatic rings. The van der Waals surface area contributed by atoms with Gasteiger partial charge in [0, 0.05) is 0 Å². The molecule has 0 saturated carbocycles. The highest BCUT2D eigenvalue weighted by molar-refractivity contribution is 6.02. The molecule has 0 unspecified atom stereocenters. The van der Waals surface area contributed by atoms with E-state index in [1.165, 1.54) is 12.1 Å². The van der Waals surface area contributed by atoms with Crippen LogP contribution < -0.4 is 16.3 Å². The Bertz CT molecular complexity index is 748. The van der Waals surface area contributed by atoms with Crippen LogP contribution in [0.5, 0.6) is 0 Å². The molecule has 1 aliphatic rings. The summed E-state index contributed by atoms with van der Waals surface area (Å²) < 4.78 is 13.0. The number of nitrogens with one attached hydrogen (secondary N) is 1. The predicted molar refractivity (Wildman–Crippen MR) is 82.4 cm³/mol. The topological polar surface area (TPSA) is 78.7 Å². The molecule has 2 amide bonds. The highest BCUT2D eigenvalue weighted by Gasteiger charge is 2.29. The normalized spacial score (nSPS) is 13.9. The van der Waals surface area contributed by atoms with Gasteiger partial charge in [-0.15, -0.1) is 5.53 Å². The number of halogens is 1. The number of fused-ring (bicyclic) bond motifs is 1. The average Bonchev–Trinajstić information content (AvgIpc) is 2.53. The van der Waals surface area contributed by atoms with Gasteiger partial charge in [0.25, 0.3) is 5.91 Å². The maximum Gasteiger partial charge on any atom is 0.272 e. The van der Waals surface area contributed by atoms with Gasteiger partial charge in [-0.2, -0.15) is 0 Å². The van der Waals surface area contributed by atoms with Crippen molar-refractivity contribution in [3.05, 3.63) is 65.5 Å². The lowest BCUT2D eigenvalue weighted by molar-refractivity contribution is -0.119. The zero-order chi connectivity index (χ0) is 16.4. The average molecular weight is 314 g/mol. The lowest BCUT2D eigenvalue weighted by Crippen LogP contribution is -2.58. The van der Waals surface area contributed by atoms with Crippen LogP contribution in [0, 0.1) is 5.82 Å². The van der Waals surface area contributed by atoms with Crippen molar-refractivity contribution >= 4 is 17.5 Å². The predicted octanol–water partition coefficient (Wildman–Crippen LogP) is 1.19. The van der Waals surface area contributed by atoms with Gasteiger partial charge in [0.05, 0.1) is 17.8 Å². The van der Waals surface area contributed by atoms with Crippen molar-refractivity contribution in [2.75, 3.05) is 11.6 Å². The summed E-state index contributed by atoms with van der Waals surface area (Å²) in [5.41, 5.74) is 10.1. The number of carbonyl (C=O) groups is 2. The monoisotopic (exact) mass is 314 g/mol. The first-order valence-electron chi connectivity index (χ1n) is 7.02. The van der Waals surface area contributed by atoms with Gasteiger partial charge in [-0.3, -0.25) is 14.6 Å². The van der Waals surface area contributed by atoms with E-state index >= 15 is 0 Å². The lowest BCUT2D eigenvalue weighted by atomic mass is 10.1. The minimum Gasteiger partial charge on any atom is -0.368 e. The van der Waals surface area contributed by atoms with E-state index in [1.807, 2.05) is 6.07 Å². The quantitative estimate of drug-likeness (QED) is 0.888. The van der Waals surface area contributed by atoms with E-state index in [4.69, 9.17) is 5.73 Å². The van der Waals surface area contributed by atoms with Crippen LogP contribution in [-0.2, 0) is 11.3 Å². The fourth-order valence-electron chi connectivity index (χ4n) is 2.44. The fourth-order valence-corrected chi connectivity index (χ4v) is 2.44. The number of hydrazine groups is 2. The number of carbonyl (C=O) groups excluding carboxylic acids is 2. The zero-order valence-electron chi connectivity index (χ0n) is 12.2. The first-order chi connectivity index (χ1) is 11.0. The number of benzene rings is 2. The van der Waals surface area contributed by atoms with Crippen molar-refractivity contribution in [1.29, 1.82) is 0 Å². The second-order valence-corrected chi connectivity index (χ2v) is 5.19. The van der Waals surface area contributed by atoms with Crippen molar-refractivity contribution in [2.45, 2.75) is 6.54 Å². The molecule has 7 heteroatoms. The number of nitrogens with zero attached hydrogens (tertiary/aromatic N) is 2. The summed E-state index contributed by atoms with van der Waals surface area (Å²) in [6, 6.07) is 13.1. The van der Waals surface area contributed by atoms with Crippen molar-refractivity contribution in [3.8, 4) is 0 Å². The highest BCUT2D eigenvalue weighted by Crippen LogP contribution is 2.26. The number of primary amides is 1. The van der Waals surface area contributed by atoms with Gasteiger partial charge in [-0.25, -0.2) is 9.40 Å². The third kappa shape index (κ3) is 3.14. The van der Waals surface area contributed by atoms with Gasteiger partial charge in [-0.05, 0) is 29.8 Å². The molecule has 118 valence electrons. The smallest absolute Gasteiger partial charge is 0.272 e. The van der Waals surface area contributed by atoms with Gasteiger partial charge in [0.1, 0.15) is 12.4 Å². The van der Waals surface area contributed by atoms with E-state index in [2.05, 4.69) is 5.53 Å². The van der Waals surface area contributed by atoms with E-state index in [1.54, 1.807) is 35.3 Å². The van der Waals surface area contributed by atoms with Gasteiger partial charge in [0.2, 0.25) is 5.91 Å². The Balaban J connectivity index is 1.91. The Kier molecular flexibility index (Phi) is 3.94. The Labute approximate surface area is 132 Å². The molecule has 1 aliphatic heterocycles. The largest absolute Gasteiger partial charge is 0.368 e. The molecule has 0 aromatic heterocycles. The van der Waals surface area contributed by atoms with E-state index in [9.17, 15) is 14.0 Å². The number of anilines is 1. The van der Waals surface area contributed by atoms with E-state index in [-0.39, 0.29) is 18.3 Å². The number of nitrogens with two attached hydrogens (primary N) is 1. The minimum atomic E-state index is -0.619. The summed E-state index contributed by atoms with van der Waals surface area (Å²) in [6.45, 7) is 0.146. The van der Waals surface area contributed by atoms with Crippen LogP contribution in [0.3, 0.4) is 0 Å². The summed E-state index contributed by atoms with van der Waals surface area (Å²) in [5, 5.41) is 2.88. The van der Waals surface area contributed by atoms with E-state index in [0.29, 0.717) is 17.8 Å². The molecule has 0 radical (unpaired) electrons. The first kappa shape index (κ1) is 15.0. The van der Waals surface area contributed by atoms with Crippen LogP contribution in [-0.4, -0.2) is 23.4 Å². The van der Waals surface area contributed by atoms with Gasteiger partial charge >= 0.3 is 0 Å². The highest BCUT2D eigenvalue weighted by atomic mass is 19.1. The van der Waals surface area contributed by atoms with Gasteiger partial charge in [-0.1, -0.05) is 24.3 Å². The second kappa shape index (κ2) is 6.05. The summed E-state index contributed by atoms with van der Waals surface area (Å²) in [6.07, 6.45) is 0. The Hall–Kier alpha value is -2.93. The fraction of sp³-hybridized carbons (Fsp3) is 0.125. The molecule has 6 nitrogen and oxygen atoms in total. The van der Waals surface area contributed by atoms with E-state index < -0.39 is 5.91 Å². The number of hydrogen-bond donors (Lipinski definition) is 2. The molecule has 0 spiro atoms. The van der Waals surface area contributed by atoms with Crippen molar-refractivity contribution in [2.24, 2.45) is 5.73 Å². The molecule has 0 atom stereocenters. The minimum absolute atomic E-state index is 0.243. The summed E-state index contributed by atoms with van der Waals surface area (Å²) in [5.74, 6) is -1.26. The molecule has 0 saturated heterocycles. The third-order valence-electron chi connectivity index (χ3n) is 3.48. The molecule has 0 fully saturated rings. The first-order valence-corrected chi connectivity index (χ1v) is 7.02. The maximum atomic E-state index is 13.0. The Morgan fingerprint density at radius 1 is 1.09 bits per heavy atom. The third-order valence-corrected chi connectivity index (χ3v) is 3.48. The standard InChI is InChI=1S/C16H15FN4O2/c17-12-7-5-11(6-8-12)9-20-14-4-2-1-3-13(14)16(23)21(19-20)10-15(18)22/h1-8,19H,9-10H2,(H2,18,22). The Morgan fingerprint density at radius 3 is 2.48 bits per heavy atom. The van der Waals surface area contributed by atoms with Gasteiger partial charge in [0.15, 0.2) is 0 Å². The molecule has 3 N–H and O–H groups in total. The van der Waals surface area contributed by atoms with Crippen LogP contribution in [0.2, 0.25) is 0 Å². The number of hydrogen-bond acceptors (Lipinski definition) is 4. The Morgan fingerprint density at radius 2 is 1.78 bits per heavy atom. The van der Waals surface area contributed by atoms with Crippen molar-refractivity contribution < 1.29 is 14.0 Å². The molecule has 0 aliphatic carbocycles.